The van der Waals surface area contributed by atoms with Crippen LogP contribution in [0.3, 0.4) is 0 Å². The van der Waals surface area contributed by atoms with E-state index < -0.39 is 0 Å². The van der Waals surface area contributed by atoms with Crippen molar-refractivity contribution in [3.63, 3.8) is 0 Å². The minimum Gasteiger partial charge on any atom is -0.495 e. The topological polar surface area (TPSA) is 78.4 Å². The minimum absolute atomic E-state index is 0. The van der Waals surface area contributed by atoms with Crippen LogP contribution in [-0.4, -0.2) is 83.4 Å². The average Bonchev–Trinajstić information content (AvgIpc) is 3.19. The van der Waals surface area contributed by atoms with Crippen molar-refractivity contribution >= 4 is 53.1 Å². The Balaban J connectivity index is 0.00000480. The van der Waals surface area contributed by atoms with Gasteiger partial charge in [-0.2, -0.15) is 0 Å². The van der Waals surface area contributed by atoms with Crippen LogP contribution in [0.5, 0.6) is 5.75 Å². The number of halogens is 2. The van der Waals surface area contributed by atoms with Crippen LogP contribution < -0.4 is 20.3 Å². The molecule has 31 heavy (non-hydrogen) atoms. The summed E-state index contributed by atoms with van der Waals surface area (Å²) in [6, 6.07) is 5.84. The maximum Gasteiger partial charge on any atom is 0.243 e. The molecule has 1 heterocycles. The summed E-state index contributed by atoms with van der Waals surface area (Å²) < 4.78 is 10.9. The van der Waals surface area contributed by atoms with Gasteiger partial charge in [-0.1, -0.05) is 11.6 Å². The van der Waals surface area contributed by atoms with Gasteiger partial charge in [-0.3, -0.25) is 4.79 Å². The van der Waals surface area contributed by atoms with Crippen LogP contribution in [0.15, 0.2) is 23.2 Å². The summed E-state index contributed by atoms with van der Waals surface area (Å²) in [5.41, 5.74) is 0.986. The Labute approximate surface area is 207 Å². The van der Waals surface area contributed by atoms with Crippen LogP contribution >= 0.6 is 35.6 Å². The molecule has 1 amide bonds. The molecule has 1 unspecified atom stereocenters. The molecule has 10 heteroatoms. The van der Waals surface area contributed by atoms with Gasteiger partial charge in [0.2, 0.25) is 5.91 Å². The van der Waals surface area contributed by atoms with Gasteiger partial charge in [0.1, 0.15) is 12.3 Å². The predicted molar refractivity (Wildman–Crippen MR) is 137 cm³/mol. The molecule has 1 saturated heterocycles. The summed E-state index contributed by atoms with van der Waals surface area (Å²) in [6.07, 6.45) is 1.81. The van der Waals surface area contributed by atoms with E-state index in [1.165, 1.54) is 0 Å². The molecule has 0 radical (unpaired) electrons. The van der Waals surface area contributed by atoms with Gasteiger partial charge in [0.05, 0.1) is 12.8 Å². The number of guanidine groups is 1. The SMILES string of the molecule is CCOCCCNC(=NCC(=O)N(C)C)NC1CCN(c2cc(Cl)ccc2OC)C1.I. The summed E-state index contributed by atoms with van der Waals surface area (Å²) in [6.45, 7) is 5.88. The van der Waals surface area contributed by atoms with Crippen molar-refractivity contribution in [3.8, 4) is 5.75 Å². The normalized spacial score (nSPS) is 16.0. The molecule has 1 aliphatic rings. The van der Waals surface area contributed by atoms with Crippen molar-refractivity contribution in [1.82, 2.24) is 15.5 Å². The predicted octanol–water partition coefficient (Wildman–Crippen LogP) is 2.60. The largest absolute Gasteiger partial charge is 0.495 e. The fourth-order valence-corrected chi connectivity index (χ4v) is 3.33. The highest BCUT2D eigenvalue weighted by molar-refractivity contribution is 14.0. The number of methoxy groups -OCH3 is 1. The van der Waals surface area contributed by atoms with Crippen molar-refractivity contribution in [3.05, 3.63) is 23.2 Å². The number of hydrogen-bond donors (Lipinski definition) is 2. The van der Waals surface area contributed by atoms with Crippen LogP contribution in [0, 0.1) is 0 Å². The van der Waals surface area contributed by atoms with E-state index in [2.05, 4.69) is 20.5 Å². The monoisotopic (exact) mass is 567 g/mol. The van der Waals surface area contributed by atoms with Gasteiger partial charge in [-0.15, -0.1) is 24.0 Å². The molecule has 0 bridgehead atoms. The second-order valence-electron chi connectivity index (χ2n) is 7.32. The van der Waals surface area contributed by atoms with Gasteiger partial charge < -0.3 is 29.9 Å². The third-order valence-corrected chi connectivity index (χ3v) is 5.08. The van der Waals surface area contributed by atoms with Gasteiger partial charge >= 0.3 is 0 Å². The highest BCUT2D eigenvalue weighted by atomic mass is 127. The number of nitrogens with zero attached hydrogens (tertiary/aromatic N) is 3. The zero-order chi connectivity index (χ0) is 21.9. The molecule has 2 N–H and O–H groups in total. The molecule has 0 aliphatic carbocycles. The smallest absolute Gasteiger partial charge is 0.243 e. The molecular weight excluding hydrogens is 533 g/mol. The summed E-state index contributed by atoms with van der Waals surface area (Å²) >= 11 is 6.19. The number of benzene rings is 1. The van der Waals surface area contributed by atoms with E-state index in [1.54, 1.807) is 26.1 Å². The molecule has 1 atom stereocenters. The van der Waals surface area contributed by atoms with Crippen LogP contribution in [0.2, 0.25) is 5.02 Å². The first-order chi connectivity index (χ1) is 14.4. The summed E-state index contributed by atoms with van der Waals surface area (Å²) in [5.74, 6) is 1.41. The highest BCUT2D eigenvalue weighted by Gasteiger charge is 2.25. The first-order valence-corrected chi connectivity index (χ1v) is 10.7. The van der Waals surface area contributed by atoms with Crippen LogP contribution in [-0.2, 0) is 9.53 Å². The van der Waals surface area contributed by atoms with E-state index in [1.807, 2.05) is 25.1 Å². The lowest BCUT2D eigenvalue weighted by Crippen LogP contribution is -2.45. The molecular formula is C21H35ClIN5O3. The number of hydrogen-bond acceptors (Lipinski definition) is 5. The van der Waals surface area contributed by atoms with Crippen molar-refractivity contribution < 1.29 is 14.3 Å². The van der Waals surface area contributed by atoms with Gasteiger partial charge in [0.25, 0.3) is 0 Å². The number of nitrogens with one attached hydrogen (secondary N) is 2. The van der Waals surface area contributed by atoms with E-state index in [0.717, 1.165) is 43.9 Å². The van der Waals surface area contributed by atoms with E-state index in [4.69, 9.17) is 21.1 Å². The second kappa shape index (κ2) is 14.6. The van der Waals surface area contributed by atoms with Crippen LogP contribution in [0.1, 0.15) is 19.8 Å². The van der Waals surface area contributed by atoms with Crippen LogP contribution in [0.4, 0.5) is 5.69 Å². The van der Waals surface area contributed by atoms with Crippen molar-refractivity contribution in [2.24, 2.45) is 4.99 Å². The van der Waals surface area contributed by atoms with Crippen LogP contribution in [0.25, 0.3) is 0 Å². The van der Waals surface area contributed by atoms with Gasteiger partial charge in [0.15, 0.2) is 5.96 Å². The van der Waals surface area contributed by atoms with E-state index >= 15 is 0 Å². The third-order valence-electron chi connectivity index (χ3n) is 4.84. The van der Waals surface area contributed by atoms with E-state index in [-0.39, 0.29) is 42.5 Å². The molecule has 0 aromatic heterocycles. The summed E-state index contributed by atoms with van der Waals surface area (Å²) in [5, 5.41) is 7.46. The molecule has 1 aromatic carbocycles. The second-order valence-corrected chi connectivity index (χ2v) is 7.76. The zero-order valence-corrected chi connectivity index (χ0v) is 21.9. The minimum atomic E-state index is -0.0397. The molecule has 2 rings (SSSR count). The van der Waals surface area contributed by atoms with Gasteiger partial charge in [-0.05, 0) is 38.0 Å². The number of likely N-dealkylation sites (N-methyl/N-ethyl adjacent to an activating group) is 1. The van der Waals surface area contributed by atoms with Crippen molar-refractivity contribution in [2.75, 3.05) is 65.5 Å². The van der Waals surface area contributed by atoms with Gasteiger partial charge in [-0.25, -0.2) is 4.99 Å². The molecule has 1 fully saturated rings. The quantitative estimate of drug-likeness (QED) is 0.196. The molecule has 1 aromatic rings. The Morgan fingerprint density at radius 1 is 1.39 bits per heavy atom. The number of carbonyl (C=O) groups is 1. The lowest BCUT2D eigenvalue weighted by molar-refractivity contribution is -0.127. The Kier molecular flexibility index (Phi) is 13.0. The number of ether oxygens (including phenoxy) is 2. The maximum atomic E-state index is 11.9. The average molecular weight is 568 g/mol. The van der Waals surface area contributed by atoms with Crippen molar-refractivity contribution in [1.29, 1.82) is 0 Å². The lowest BCUT2D eigenvalue weighted by atomic mass is 10.2. The molecule has 0 spiro atoms. The molecule has 0 saturated carbocycles. The Morgan fingerprint density at radius 3 is 2.84 bits per heavy atom. The fraction of sp³-hybridized carbons (Fsp3) is 0.619. The van der Waals surface area contributed by atoms with E-state index in [9.17, 15) is 4.79 Å². The Hall–Kier alpha value is -1.46. The molecule has 8 nitrogen and oxygen atoms in total. The first-order valence-electron chi connectivity index (χ1n) is 10.4. The number of aliphatic imine (C=N–C) groups is 1. The lowest BCUT2D eigenvalue weighted by Gasteiger charge is -2.22. The fourth-order valence-electron chi connectivity index (χ4n) is 3.17. The Bertz CT molecular complexity index is 720. The molecule has 1 aliphatic heterocycles. The summed E-state index contributed by atoms with van der Waals surface area (Å²) in [4.78, 5) is 20.2. The first kappa shape index (κ1) is 27.6. The number of rotatable bonds is 10. The third kappa shape index (κ3) is 9.28. The number of amides is 1. The molecule has 176 valence electrons. The van der Waals surface area contributed by atoms with Gasteiger partial charge in [0, 0.05) is 58.0 Å². The summed E-state index contributed by atoms with van der Waals surface area (Å²) in [7, 11) is 5.12. The number of carbonyl (C=O) groups excluding carboxylic acids is 1. The number of anilines is 1. The zero-order valence-electron chi connectivity index (χ0n) is 18.8. The highest BCUT2D eigenvalue weighted by Crippen LogP contribution is 2.33. The maximum absolute atomic E-state index is 11.9. The van der Waals surface area contributed by atoms with Crippen molar-refractivity contribution in [2.45, 2.75) is 25.8 Å². The Morgan fingerprint density at radius 2 is 2.16 bits per heavy atom. The van der Waals surface area contributed by atoms with E-state index in [0.29, 0.717) is 24.2 Å². The standard InChI is InChI=1S/C21H34ClN5O3.HI/c1-5-30-12-6-10-23-21(24-14-20(28)26(2)3)25-17-9-11-27(15-17)18-13-16(22)7-8-19(18)29-4;/h7-8,13,17H,5-6,9-12,14-15H2,1-4H3,(H2,23,24,25);1H.